The zero-order chi connectivity index (χ0) is 15.1. The molecule has 0 bridgehead atoms. The van der Waals surface area contributed by atoms with Gasteiger partial charge in [0.05, 0.1) is 24.6 Å². The fraction of sp³-hybridized carbons (Fsp3) is 0.250. The van der Waals surface area contributed by atoms with E-state index >= 15 is 0 Å². The standard InChI is InChI=1S/C16H17N3O2/c1-18-9-14-5-6-15(10-19-14)21-11-12-3-4-13(8-17)16(7-12)20-2/h3-7,10,18H,9,11H2,1-2H3. The van der Waals surface area contributed by atoms with Crippen molar-refractivity contribution in [2.45, 2.75) is 13.2 Å². The van der Waals surface area contributed by atoms with E-state index in [-0.39, 0.29) is 0 Å². The first-order valence-corrected chi connectivity index (χ1v) is 6.56. The molecule has 0 fully saturated rings. The highest BCUT2D eigenvalue weighted by Crippen LogP contribution is 2.20. The molecule has 0 unspecified atom stereocenters. The van der Waals surface area contributed by atoms with Gasteiger partial charge in [0.15, 0.2) is 0 Å². The SMILES string of the molecule is CNCc1ccc(OCc2ccc(C#N)c(OC)c2)cn1. The summed E-state index contributed by atoms with van der Waals surface area (Å²) in [7, 11) is 3.43. The van der Waals surface area contributed by atoms with Crippen LogP contribution >= 0.6 is 0 Å². The van der Waals surface area contributed by atoms with E-state index in [0.29, 0.717) is 23.7 Å². The average Bonchev–Trinajstić information content (AvgIpc) is 2.54. The number of nitrogens with zero attached hydrogens (tertiary/aromatic N) is 2. The predicted octanol–water partition coefficient (Wildman–Crippen LogP) is 2.26. The highest BCUT2D eigenvalue weighted by atomic mass is 16.5. The number of hydrogen-bond donors (Lipinski definition) is 1. The minimum atomic E-state index is 0.398. The van der Waals surface area contributed by atoms with Gasteiger partial charge in [0.1, 0.15) is 24.2 Å². The summed E-state index contributed by atoms with van der Waals surface area (Å²) in [5.74, 6) is 1.26. The van der Waals surface area contributed by atoms with Gasteiger partial charge in [-0.3, -0.25) is 4.98 Å². The summed E-state index contributed by atoms with van der Waals surface area (Å²) in [5.41, 5.74) is 2.41. The van der Waals surface area contributed by atoms with Gasteiger partial charge in [0, 0.05) is 6.54 Å². The number of aromatic nitrogens is 1. The third kappa shape index (κ3) is 3.94. The van der Waals surface area contributed by atoms with Gasteiger partial charge in [-0.2, -0.15) is 5.26 Å². The Balaban J connectivity index is 2.01. The van der Waals surface area contributed by atoms with Crippen molar-refractivity contribution in [3.63, 3.8) is 0 Å². The largest absolute Gasteiger partial charge is 0.495 e. The number of methoxy groups -OCH3 is 1. The van der Waals surface area contributed by atoms with Gasteiger partial charge in [-0.15, -0.1) is 0 Å². The minimum Gasteiger partial charge on any atom is -0.495 e. The van der Waals surface area contributed by atoms with E-state index in [1.165, 1.54) is 0 Å². The van der Waals surface area contributed by atoms with Crippen molar-refractivity contribution in [1.29, 1.82) is 5.26 Å². The van der Waals surface area contributed by atoms with Crippen LogP contribution in [0.1, 0.15) is 16.8 Å². The van der Waals surface area contributed by atoms with Gasteiger partial charge in [-0.05, 0) is 36.9 Å². The van der Waals surface area contributed by atoms with E-state index in [1.54, 1.807) is 25.4 Å². The van der Waals surface area contributed by atoms with Crippen LogP contribution in [-0.2, 0) is 13.2 Å². The Morgan fingerprint density at radius 1 is 1.29 bits per heavy atom. The van der Waals surface area contributed by atoms with Crippen LogP contribution in [0.15, 0.2) is 36.5 Å². The first-order chi connectivity index (χ1) is 10.3. The Labute approximate surface area is 124 Å². The fourth-order valence-electron chi connectivity index (χ4n) is 1.87. The highest BCUT2D eigenvalue weighted by molar-refractivity contribution is 5.45. The molecule has 0 aliphatic rings. The summed E-state index contributed by atoms with van der Waals surface area (Å²) >= 11 is 0. The smallest absolute Gasteiger partial charge is 0.138 e. The van der Waals surface area contributed by atoms with Crippen molar-refractivity contribution in [3.8, 4) is 17.6 Å². The lowest BCUT2D eigenvalue weighted by atomic mass is 10.1. The van der Waals surface area contributed by atoms with Crippen molar-refractivity contribution >= 4 is 0 Å². The molecular formula is C16H17N3O2. The second-order valence-electron chi connectivity index (χ2n) is 4.45. The first kappa shape index (κ1) is 14.8. The molecule has 0 radical (unpaired) electrons. The predicted molar refractivity (Wildman–Crippen MR) is 79.0 cm³/mol. The molecule has 0 saturated carbocycles. The van der Waals surface area contributed by atoms with Crippen LogP contribution in [0.25, 0.3) is 0 Å². The van der Waals surface area contributed by atoms with Gasteiger partial charge >= 0.3 is 0 Å². The quantitative estimate of drug-likeness (QED) is 0.880. The molecule has 0 atom stereocenters. The third-order valence-electron chi connectivity index (χ3n) is 2.95. The molecule has 0 aliphatic carbocycles. The summed E-state index contributed by atoms with van der Waals surface area (Å²) in [6.45, 7) is 1.13. The molecule has 1 heterocycles. The number of nitrogens with one attached hydrogen (secondary N) is 1. The number of ether oxygens (including phenoxy) is 2. The van der Waals surface area contributed by atoms with Crippen LogP contribution in [0.3, 0.4) is 0 Å². The lowest BCUT2D eigenvalue weighted by molar-refractivity contribution is 0.303. The number of rotatable bonds is 6. The molecular weight excluding hydrogens is 266 g/mol. The zero-order valence-electron chi connectivity index (χ0n) is 12.1. The van der Waals surface area contributed by atoms with Crippen LogP contribution in [0, 0.1) is 11.3 Å². The Morgan fingerprint density at radius 3 is 2.76 bits per heavy atom. The molecule has 1 aromatic carbocycles. The monoisotopic (exact) mass is 283 g/mol. The molecule has 1 aromatic heterocycles. The highest BCUT2D eigenvalue weighted by Gasteiger charge is 2.04. The molecule has 2 rings (SSSR count). The van der Waals surface area contributed by atoms with Crippen LogP contribution < -0.4 is 14.8 Å². The lowest BCUT2D eigenvalue weighted by Gasteiger charge is -2.09. The number of nitriles is 1. The zero-order valence-corrected chi connectivity index (χ0v) is 12.1. The second-order valence-corrected chi connectivity index (χ2v) is 4.45. The lowest BCUT2D eigenvalue weighted by Crippen LogP contribution is -2.06. The fourth-order valence-corrected chi connectivity index (χ4v) is 1.87. The maximum atomic E-state index is 8.94. The van der Waals surface area contributed by atoms with Crippen molar-refractivity contribution in [3.05, 3.63) is 53.3 Å². The van der Waals surface area contributed by atoms with E-state index in [9.17, 15) is 0 Å². The first-order valence-electron chi connectivity index (χ1n) is 6.56. The van der Waals surface area contributed by atoms with Gasteiger partial charge in [-0.1, -0.05) is 6.07 Å². The number of pyridine rings is 1. The Morgan fingerprint density at radius 2 is 2.14 bits per heavy atom. The molecule has 0 spiro atoms. The topological polar surface area (TPSA) is 67.2 Å². The second kappa shape index (κ2) is 7.27. The van der Waals surface area contributed by atoms with Crippen molar-refractivity contribution < 1.29 is 9.47 Å². The summed E-state index contributed by atoms with van der Waals surface area (Å²) < 4.78 is 10.9. The maximum Gasteiger partial charge on any atom is 0.138 e. The normalized spacial score (nSPS) is 9.95. The number of hydrogen-bond acceptors (Lipinski definition) is 5. The van der Waals surface area contributed by atoms with Crippen LogP contribution in [0.4, 0.5) is 0 Å². The van der Waals surface area contributed by atoms with E-state index in [1.807, 2.05) is 25.2 Å². The summed E-state index contributed by atoms with van der Waals surface area (Å²) in [4.78, 5) is 4.29. The van der Waals surface area contributed by atoms with E-state index in [2.05, 4.69) is 16.4 Å². The molecule has 108 valence electrons. The van der Waals surface area contributed by atoms with Crippen LogP contribution in [0.5, 0.6) is 11.5 Å². The number of benzene rings is 1. The molecule has 5 heteroatoms. The van der Waals surface area contributed by atoms with Crippen LogP contribution in [0.2, 0.25) is 0 Å². The van der Waals surface area contributed by atoms with E-state index in [0.717, 1.165) is 17.8 Å². The molecule has 0 saturated heterocycles. The molecule has 1 N–H and O–H groups in total. The van der Waals surface area contributed by atoms with Gasteiger partial charge in [0.25, 0.3) is 0 Å². The van der Waals surface area contributed by atoms with Crippen molar-refractivity contribution in [1.82, 2.24) is 10.3 Å². The summed E-state index contributed by atoms with van der Waals surface area (Å²) in [6.07, 6.45) is 1.70. The average molecular weight is 283 g/mol. The Hall–Kier alpha value is -2.58. The molecule has 0 aliphatic heterocycles. The summed E-state index contributed by atoms with van der Waals surface area (Å²) in [6, 6.07) is 11.3. The van der Waals surface area contributed by atoms with Crippen molar-refractivity contribution in [2.24, 2.45) is 0 Å². The Bertz CT molecular complexity index is 633. The minimum absolute atomic E-state index is 0.398. The molecule has 21 heavy (non-hydrogen) atoms. The van der Waals surface area contributed by atoms with Crippen LogP contribution in [-0.4, -0.2) is 19.1 Å². The Kier molecular flexibility index (Phi) is 5.13. The van der Waals surface area contributed by atoms with Gasteiger partial charge in [0.2, 0.25) is 0 Å². The molecule has 0 amide bonds. The van der Waals surface area contributed by atoms with Gasteiger partial charge in [-0.25, -0.2) is 0 Å². The van der Waals surface area contributed by atoms with E-state index < -0.39 is 0 Å². The third-order valence-corrected chi connectivity index (χ3v) is 2.95. The van der Waals surface area contributed by atoms with E-state index in [4.69, 9.17) is 14.7 Å². The van der Waals surface area contributed by atoms with Gasteiger partial charge < -0.3 is 14.8 Å². The molecule has 5 nitrogen and oxygen atoms in total. The summed E-state index contributed by atoms with van der Waals surface area (Å²) in [5, 5.41) is 12.0. The van der Waals surface area contributed by atoms with Crippen molar-refractivity contribution in [2.75, 3.05) is 14.2 Å². The molecule has 2 aromatic rings. The maximum absolute atomic E-state index is 8.94.